The number of nitrogens with one attached hydrogen (secondary N) is 2. The summed E-state index contributed by atoms with van der Waals surface area (Å²) in [5, 5.41) is 8.21. The van der Waals surface area contributed by atoms with Crippen LogP contribution in [0.3, 0.4) is 0 Å². The normalized spacial score (nSPS) is 17.0. The van der Waals surface area contributed by atoms with Crippen molar-refractivity contribution in [3.8, 4) is 0 Å². The van der Waals surface area contributed by atoms with Gasteiger partial charge in [0.25, 0.3) is 5.91 Å². The lowest BCUT2D eigenvalue weighted by molar-refractivity contribution is -0.148. The minimum absolute atomic E-state index is 0.00378. The number of carbonyl (C=O) groups is 9. The Hall–Kier alpha value is -6.62. The Morgan fingerprint density at radius 1 is 0.800 bits per heavy atom. The largest absolute Gasteiger partial charge is 0.431 e. The van der Waals surface area contributed by atoms with Crippen molar-refractivity contribution < 1.29 is 52.6 Å². The third-order valence-corrected chi connectivity index (χ3v) is 19.3. The van der Waals surface area contributed by atoms with Crippen LogP contribution < -0.4 is 27.8 Å². The first-order chi connectivity index (χ1) is 42.6. The average molecular weight is 1270 g/mol. The third kappa shape index (κ3) is 21.5. The number of benzene rings is 2. The predicted octanol–water partition coefficient (Wildman–Crippen LogP) is 8.79. The summed E-state index contributed by atoms with van der Waals surface area (Å²) >= 11 is 1.56. The first kappa shape index (κ1) is 75.8. The molecule has 2 heterocycles. The van der Waals surface area contributed by atoms with Crippen LogP contribution in [-0.4, -0.2) is 162 Å². The number of urea groups is 1. The number of hydrogen-bond acceptors (Lipinski definition) is 15. The van der Waals surface area contributed by atoms with Gasteiger partial charge in [0.15, 0.2) is 11.6 Å². The van der Waals surface area contributed by atoms with Gasteiger partial charge in [-0.3, -0.25) is 33.6 Å². The Morgan fingerprint density at radius 3 is 2.02 bits per heavy atom. The molecular formula is C68H106N10O11S. The summed E-state index contributed by atoms with van der Waals surface area (Å²) in [6, 6.07) is 13.0. The van der Waals surface area contributed by atoms with E-state index in [0.29, 0.717) is 37.9 Å². The number of hydrogen-bond donors (Lipinski definition) is 5. The van der Waals surface area contributed by atoms with Crippen molar-refractivity contribution in [3.05, 3.63) is 82.3 Å². The molecule has 2 unspecified atom stereocenters. The summed E-state index contributed by atoms with van der Waals surface area (Å²) in [5.41, 5.74) is 19.0. The van der Waals surface area contributed by atoms with Gasteiger partial charge in [-0.15, -0.1) is 11.3 Å². The second kappa shape index (κ2) is 37.0. The summed E-state index contributed by atoms with van der Waals surface area (Å²) < 4.78 is 12.3. The number of ether oxygens (including phenoxy) is 2. The summed E-state index contributed by atoms with van der Waals surface area (Å²) in [4.78, 5) is 136. The number of rotatable bonds is 38. The molecular weight excluding hydrogens is 1160 g/mol. The highest BCUT2D eigenvalue weighted by Crippen LogP contribution is 2.36. The minimum Gasteiger partial charge on any atom is -0.431 e. The molecule has 1 saturated heterocycles. The molecule has 1 aliphatic heterocycles. The number of ketones is 3. The van der Waals surface area contributed by atoms with E-state index in [-0.39, 0.29) is 122 Å². The highest BCUT2D eigenvalue weighted by Gasteiger charge is 2.43. The van der Waals surface area contributed by atoms with Gasteiger partial charge in [-0.05, 0) is 86.3 Å². The van der Waals surface area contributed by atoms with Gasteiger partial charge < -0.3 is 56.9 Å². The number of anilines is 1. The number of aromatic nitrogens is 1. The zero-order chi connectivity index (χ0) is 67.1. The van der Waals surface area contributed by atoms with Gasteiger partial charge >= 0.3 is 12.1 Å². The molecule has 0 spiro atoms. The minimum atomic E-state index is -1.51. The maximum atomic E-state index is 15.0. The van der Waals surface area contributed by atoms with Crippen molar-refractivity contribution in [2.24, 2.45) is 64.5 Å². The Labute approximate surface area is 539 Å². The highest BCUT2D eigenvalue weighted by atomic mass is 32.1. The van der Waals surface area contributed by atoms with Gasteiger partial charge in [-0.25, -0.2) is 14.6 Å². The van der Waals surface area contributed by atoms with Crippen LogP contribution in [-0.2, 0) is 49.5 Å². The molecule has 0 radical (unpaired) electrons. The van der Waals surface area contributed by atoms with Gasteiger partial charge in [0.2, 0.25) is 23.8 Å². The van der Waals surface area contributed by atoms with E-state index in [1.165, 1.54) is 29.0 Å². The van der Waals surface area contributed by atoms with E-state index < -0.39 is 77.8 Å². The highest BCUT2D eigenvalue weighted by molar-refractivity contribution is 7.09. The van der Waals surface area contributed by atoms with Crippen LogP contribution in [0, 0.1) is 47.3 Å². The molecule has 4 rings (SSSR count). The van der Waals surface area contributed by atoms with Crippen LogP contribution in [0.2, 0.25) is 0 Å². The standard InChI is InChI=1S/C68H106N10O11S/c1-15-44(9)61(57(88-14)40-58(82)78-33-21-25-53(78)45(10)46(11)54(79)38-50(64-72-32-35-90-64)36-47-22-18-17-19-23-47)75(12)65(84)52(41(3)4)39-56(81)60(43(7)8)76(13)68(87)89-62(66(85)77(16-2)34-30-69)48-26-28-51(29-27-48)74-63(83)49(24-20-31-73-67(71)86)37-55(80)59(70)42(5)6/h17-19,22-23,26-29,32,35,41-46,49-50,52-53,57,59-62H,15-16,20-21,24-25,30-31,33-34,36-40,69-70H2,1-14H3,(H,74,83)(H3,71,73,86)/t44-,45+,46+,49+,50?,52-,53-,57+,59-,60-,61-,62?/m0/s1. The van der Waals surface area contributed by atoms with Crippen LogP contribution >= 0.6 is 11.3 Å². The topological polar surface area (TPSA) is 300 Å². The third-order valence-electron chi connectivity index (χ3n) is 18.3. The van der Waals surface area contributed by atoms with Crippen molar-refractivity contribution in [2.45, 2.75) is 183 Å². The molecule has 1 fully saturated rings. The zero-order valence-electron chi connectivity index (χ0n) is 56.0. The van der Waals surface area contributed by atoms with Crippen LogP contribution in [0.25, 0.3) is 0 Å². The smallest absolute Gasteiger partial charge is 0.411 e. The average Bonchev–Trinajstić information content (AvgIpc) is 1.77. The van der Waals surface area contributed by atoms with Gasteiger partial charge in [0.1, 0.15) is 5.78 Å². The molecule has 1 aliphatic rings. The number of amides is 7. The second-order valence-electron chi connectivity index (χ2n) is 25.6. The van der Waals surface area contributed by atoms with E-state index in [4.69, 9.17) is 26.7 Å². The number of nitrogens with two attached hydrogens (primary N) is 3. The zero-order valence-corrected chi connectivity index (χ0v) is 56.8. The number of likely N-dealkylation sites (N-methyl/N-ethyl adjacent to an activating group) is 3. The maximum Gasteiger partial charge on any atom is 0.411 e. The fourth-order valence-electron chi connectivity index (χ4n) is 12.5. The summed E-state index contributed by atoms with van der Waals surface area (Å²) in [5.74, 6) is -5.20. The molecule has 22 heteroatoms. The Bertz CT molecular complexity index is 2790. The summed E-state index contributed by atoms with van der Waals surface area (Å²) in [6.07, 6.45) is 2.09. The second-order valence-corrected chi connectivity index (χ2v) is 26.6. The SMILES string of the molecule is CC[C@H](C)[C@@H]([C@@H](CC(=O)N1CCC[C@H]1[C@H](C)[C@@H](C)C(=O)CC(Cc1ccccc1)c1nccs1)OC)N(C)C(=O)[C@@H](CC(=O)[C@H](C(C)C)N(C)C(=O)OC(C(=O)N(CC)CCN)c1ccc(NC(=O)[C@H](CCCNC(N)=O)CC(=O)[C@@H](N)C(C)C)cc1)C(C)C. The molecule has 500 valence electrons. The van der Waals surface area contributed by atoms with E-state index in [2.05, 4.69) is 34.7 Å². The van der Waals surface area contributed by atoms with Gasteiger partial charge in [0.05, 0.1) is 35.7 Å². The van der Waals surface area contributed by atoms with Crippen molar-refractivity contribution in [1.82, 2.24) is 29.9 Å². The lowest BCUT2D eigenvalue weighted by Gasteiger charge is -2.41. The molecule has 90 heavy (non-hydrogen) atoms. The molecule has 0 aliphatic carbocycles. The molecule has 0 bridgehead atoms. The van der Waals surface area contributed by atoms with Gasteiger partial charge in [0, 0.05) is 126 Å². The summed E-state index contributed by atoms with van der Waals surface area (Å²) in [7, 11) is 4.67. The quantitative estimate of drug-likeness (QED) is 0.0335. The fourth-order valence-corrected chi connectivity index (χ4v) is 13.2. The fraction of sp³-hybridized carbons (Fsp3) is 0.647. The van der Waals surface area contributed by atoms with Gasteiger partial charge in [-0.2, -0.15) is 0 Å². The predicted molar refractivity (Wildman–Crippen MR) is 352 cm³/mol. The van der Waals surface area contributed by atoms with Gasteiger partial charge in [-0.1, -0.05) is 118 Å². The van der Waals surface area contributed by atoms with Crippen molar-refractivity contribution >= 4 is 70.1 Å². The Morgan fingerprint density at radius 2 is 1.47 bits per heavy atom. The van der Waals surface area contributed by atoms with Crippen molar-refractivity contribution in [3.63, 3.8) is 0 Å². The molecule has 3 aromatic rings. The molecule has 1 aromatic heterocycles. The number of carbonyl (C=O) groups excluding carboxylic acids is 9. The van der Waals surface area contributed by atoms with E-state index in [0.717, 1.165) is 23.4 Å². The van der Waals surface area contributed by atoms with E-state index in [9.17, 15) is 38.4 Å². The van der Waals surface area contributed by atoms with E-state index in [1.807, 2.05) is 76.9 Å². The van der Waals surface area contributed by atoms with Crippen molar-refractivity contribution in [2.75, 3.05) is 59.2 Å². The lowest BCUT2D eigenvalue weighted by Crippen LogP contribution is -2.54. The van der Waals surface area contributed by atoms with E-state index >= 15 is 4.79 Å². The van der Waals surface area contributed by atoms with Crippen molar-refractivity contribution in [1.29, 1.82) is 0 Å². The number of Topliss-reactive ketones (excluding diaryl/α,β-unsaturated/α-hetero) is 3. The lowest BCUT2D eigenvalue weighted by atomic mass is 9.81. The van der Waals surface area contributed by atoms with Crippen LogP contribution in [0.4, 0.5) is 15.3 Å². The number of likely N-dealkylation sites (tertiary alicyclic amines) is 1. The van der Waals surface area contributed by atoms with Crippen LogP contribution in [0.15, 0.2) is 66.2 Å². The number of thiazole rings is 1. The van der Waals surface area contributed by atoms with Crippen LogP contribution in [0.5, 0.6) is 0 Å². The Balaban J connectivity index is 1.52. The number of methoxy groups -OCH3 is 1. The molecule has 12 atom stereocenters. The van der Waals surface area contributed by atoms with E-state index in [1.54, 1.807) is 69.5 Å². The monoisotopic (exact) mass is 1270 g/mol. The molecule has 0 saturated carbocycles. The Kier molecular flexibility index (Phi) is 31.2. The molecule has 21 nitrogen and oxygen atoms in total. The maximum absolute atomic E-state index is 15.0. The molecule has 8 N–H and O–H groups in total. The van der Waals surface area contributed by atoms with Crippen LogP contribution in [0.1, 0.15) is 162 Å². The molecule has 7 amide bonds. The first-order valence-electron chi connectivity index (χ1n) is 32.3. The number of nitrogens with zero attached hydrogens (tertiary/aromatic N) is 5. The first-order valence-corrected chi connectivity index (χ1v) is 33.2. The summed E-state index contributed by atoms with van der Waals surface area (Å²) in [6.45, 7) is 22.0. The molecule has 2 aromatic carbocycles. The number of primary amides is 1.